The quantitative estimate of drug-likeness (QED) is 0.702. The molecule has 6 nitrogen and oxygen atoms in total. The molecule has 0 aromatic rings. The summed E-state index contributed by atoms with van der Waals surface area (Å²) in [6.45, 7) is 6.42. The summed E-state index contributed by atoms with van der Waals surface area (Å²) in [6, 6.07) is 1.83. The molecule has 6 heteroatoms. The van der Waals surface area contributed by atoms with Crippen molar-refractivity contribution >= 4 is 12.0 Å². The lowest BCUT2D eigenvalue weighted by Crippen LogP contribution is -2.45. The van der Waals surface area contributed by atoms with Gasteiger partial charge in [-0.1, -0.05) is 0 Å². The normalized spacial score (nSPS) is 13.2. The summed E-state index contributed by atoms with van der Waals surface area (Å²) in [5.74, 6) is -1.02. The monoisotopic (exact) mass is 269 g/mol. The molecule has 2 unspecified atom stereocenters. The van der Waals surface area contributed by atoms with Crippen molar-refractivity contribution in [2.24, 2.45) is 5.92 Å². The maximum atomic E-state index is 11.9. The number of nitriles is 1. The Bertz CT molecular complexity index is 339. The summed E-state index contributed by atoms with van der Waals surface area (Å²) in [5.41, 5.74) is 0. The molecule has 0 rings (SSSR count). The minimum atomic E-state index is -0.823. The fourth-order valence-electron chi connectivity index (χ4n) is 1.66. The first-order valence-corrected chi connectivity index (χ1v) is 6.57. The number of nitrogens with one attached hydrogen (secondary N) is 1. The third-order valence-electron chi connectivity index (χ3n) is 2.78. The van der Waals surface area contributed by atoms with Crippen LogP contribution in [0.15, 0.2) is 0 Å². The van der Waals surface area contributed by atoms with Crippen LogP contribution < -0.4 is 5.32 Å². The van der Waals surface area contributed by atoms with Gasteiger partial charge in [-0.3, -0.25) is 4.79 Å². The number of carbonyl (C=O) groups is 2. The molecule has 0 spiro atoms. The van der Waals surface area contributed by atoms with E-state index >= 15 is 0 Å². The van der Waals surface area contributed by atoms with E-state index < -0.39 is 5.97 Å². The predicted octanol–water partition coefficient (Wildman–Crippen LogP) is 1.82. The van der Waals surface area contributed by atoms with Gasteiger partial charge < -0.3 is 15.3 Å². The molecular weight excluding hydrogens is 246 g/mol. The van der Waals surface area contributed by atoms with E-state index in [0.717, 1.165) is 0 Å². The third-order valence-corrected chi connectivity index (χ3v) is 2.78. The van der Waals surface area contributed by atoms with Gasteiger partial charge in [0.1, 0.15) is 0 Å². The standard InChI is InChI=1S/C13H23N3O3/c1-4-16(9-10(2)8-14)13(19)15-11(3)6-5-7-12(17)18/h10-11H,4-7,9H2,1-3H3,(H,15,19)(H,17,18). The second-order valence-corrected chi connectivity index (χ2v) is 4.71. The van der Waals surface area contributed by atoms with Crippen molar-refractivity contribution in [2.45, 2.75) is 46.1 Å². The van der Waals surface area contributed by atoms with Crippen LogP contribution in [0.3, 0.4) is 0 Å². The van der Waals surface area contributed by atoms with Gasteiger partial charge in [-0.2, -0.15) is 5.26 Å². The van der Waals surface area contributed by atoms with Gasteiger partial charge >= 0.3 is 12.0 Å². The highest BCUT2D eigenvalue weighted by Gasteiger charge is 2.16. The summed E-state index contributed by atoms with van der Waals surface area (Å²) in [4.78, 5) is 23.9. The number of amides is 2. The largest absolute Gasteiger partial charge is 0.481 e. The third kappa shape index (κ3) is 8.03. The van der Waals surface area contributed by atoms with Crippen molar-refractivity contribution < 1.29 is 14.7 Å². The Morgan fingerprint density at radius 3 is 2.53 bits per heavy atom. The number of carboxylic acid groups (broad SMARTS) is 1. The Kier molecular flexibility index (Phi) is 8.34. The number of hydrogen-bond donors (Lipinski definition) is 2. The smallest absolute Gasteiger partial charge is 0.317 e. The van der Waals surface area contributed by atoms with Gasteiger partial charge in [0.25, 0.3) is 0 Å². The van der Waals surface area contributed by atoms with Crippen molar-refractivity contribution in [1.82, 2.24) is 10.2 Å². The maximum Gasteiger partial charge on any atom is 0.317 e. The van der Waals surface area contributed by atoms with Crippen LogP contribution in [0.2, 0.25) is 0 Å². The summed E-state index contributed by atoms with van der Waals surface area (Å²) in [6.07, 6.45) is 1.28. The first-order valence-electron chi connectivity index (χ1n) is 6.57. The number of rotatable bonds is 8. The Balaban J connectivity index is 4.11. The predicted molar refractivity (Wildman–Crippen MR) is 71.5 cm³/mol. The van der Waals surface area contributed by atoms with Crippen LogP contribution in [0.5, 0.6) is 0 Å². The van der Waals surface area contributed by atoms with E-state index in [1.165, 1.54) is 0 Å². The van der Waals surface area contributed by atoms with Gasteiger partial charge in [-0.15, -0.1) is 0 Å². The molecule has 2 N–H and O–H groups in total. The van der Waals surface area contributed by atoms with Gasteiger partial charge in [0.15, 0.2) is 0 Å². The number of hydrogen-bond acceptors (Lipinski definition) is 3. The molecule has 19 heavy (non-hydrogen) atoms. The molecule has 0 aliphatic rings. The molecule has 2 atom stereocenters. The van der Waals surface area contributed by atoms with E-state index in [9.17, 15) is 9.59 Å². The average molecular weight is 269 g/mol. The van der Waals surface area contributed by atoms with Crippen molar-refractivity contribution in [3.63, 3.8) is 0 Å². The van der Waals surface area contributed by atoms with Gasteiger partial charge in [0.05, 0.1) is 12.0 Å². The second kappa shape index (κ2) is 9.20. The van der Waals surface area contributed by atoms with Gasteiger partial charge in [0, 0.05) is 25.6 Å². The number of aliphatic carboxylic acids is 1. The highest BCUT2D eigenvalue weighted by atomic mass is 16.4. The van der Waals surface area contributed by atoms with Crippen molar-refractivity contribution in [3.8, 4) is 6.07 Å². The van der Waals surface area contributed by atoms with Crippen LogP contribution >= 0.6 is 0 Å². The zero-order chi connectivity index (χ0) is 14.8. The van der Waals surface area contributed by atoms with Crippen molar-refractivity contribution in [3.05, 3.63) is 0 Å². The topological polar surface area (TPSA) is 93.4 Å². The minimum Gasteiger partial charge on any atom is -0.481 e. The lowest BCUT2D eigenvalue weighted by molar-refractivity contribution is -0.137. The molecule has 0 saturated heterocycles. The summed E-state index contributed by atoms with van der Waals surface area (Å²) >= 11 is 0. The van der Waals surface area contributed by atoms with Crippen LogP contribution in [-0.2, 0) is 4.79 Å². The SMILES string of the molecule is CCN(CC(C)C#N)C(=O)NC(C)CCCC(=O)O. The zero-order valence-electron chi connectivity index (χ0n) is 11.8. The Morgan fingerprint density at radius 2 is 2.05 bits per heavy atom. The highest BCUT2D eigenvalue weighted by molar-refractivity contribution is 5.74. The van der Waals surface area contributed by atoms with Crippen LogP contribution in [0, 0.1) is 17.2 Å². The number of nitrogens with zero attached hydrogens (tertiary/aromatic N) is 2. The van der Waals surface area contributed by atoms with Crippen molar-refractivity contribution in [2.75, 3.05) is 13.1 Å². The lowest BCUT2D eigenvalue weighted by Gasteiger charge is -2.24. The molecule has 0 bridgehead atoms. The first-order chi connectivity index (χ1) is 8.90. The Morgan fingerprint density at radius 1 is 1.42 bits per heavy atom. The lowest BCUT2D eigenvalue weighted by atomic mass is 10.1. The van der Waals surface area contributed by atoms with E-state index in [2.05, 4.69) is 11.4 Å². The van der Waals surface area contributed by atoms with Crippen LogP contribution in [0.25, 0.3) is 0 Å². The highest BCUT2D eigenvalue weighted by Crippen LogP contribution is 2.03. The summed E-state index contributed by atoms with van der Waals surface area (Å²) in [5, 5.41) is 20.1. The number of urea groups is 1. The fraction of sp³-hybridized carbons (Fsp3) is 0.769. The first kappa shape index (κ1) is 17.2. The van der Waals surface area contributed by atoms with E-state index in [0.29, 0.717) is 25.9 Å². The minimum absolute atomic E-state index is 0.0710. The van der Waals surface area contributed by atoms with Gasteiger partial charge in [-0.25, -0.2) is 4.79 Å². The second-order valence-electron chi connectivity index (χ2n) is 4.71. The van der Waals surface area contributed by atoms with Crippen LogP contribution in [0.1, 0.15) is 40.0 Å². The molecule has 0 aliphatic carbocycles. The molecule has 2 amide bonds. The molecule has 0 radical (unpaired) electrons. The Hall–Kier alpha value is -1.77. The van der Waals surface area contributed by atoms with E-state index in [4.69, 9.17) is 10.4 Å². The molecule has 0 saturated carbocycles. The molecular formula is C13H23N3O3. The molecule has 0 aliphatic heterocycles. The molecule has 108 valence electrons. The average Bonchev–Trinajstić information content (AvgIpc) is 2.34. The van der Waals surface area contributed by atoms with Gasteiger partial charge in [0.2, 0.25) is 0 Å². The fourth-order valence-corrected chi connectivity index (χ4v) is 1.66. The number of carbonyl (C=O) groups excluding carboxylic acids is 1. The molecule has 0 fully saturated rings. The number of carboxylic acids is 1. The van der Waals surface area contributed by atoms with Crippen LogP contribution in [0.4, 0.5) is 4.79 Å². The van der Waals surface area contributed by atoms with Crippen LogP contribution in [-0.4, -0.2) is 41.1 Å². The van der Waals surface area contributed by atoms with E-state index in [1.807, 2.05) is 13.8 Å². The Labute approximate surface area is 114 Å². The molecule has 0 aromatic carbocycles. The van der Waals surface area contributed by atoms with Gasteiger partial charge in [-0.05, 0) is 33.6 Å². The molecule has 0 heterocycles. The molecule has 0 aromatic heterocycles. The van der Waals surface area contributed by atoms with E-state index in [1.54, 1.807) is 11.8 Å². The maximum absolute atomic E-state index is 11.9. The summed E-state index contributed by atoms with van der Waals surface area (Å²) in [7, 11) is 0. The van der Waals surface area contributed by atoms with E-state index in [-0.39, 0.29) is 24.4 Å². The summed E-state index contributed by atoms with van der Waals surface area (Å²) < 4.78 is 0. The van der Waals surface area contributed by atoms with Crippen molar-refractivity contribution in [1.29, 1.82) is 5.26 Å². The zero-order valence-corrected chi connectivity index (χ0v) is 11.8.